The Kier molecular flexibility index (Phi) is 6.30. The van der Waals surface area contributed by atoms with Crippen LogP contribution in [0.5, 0.6) is 5.75 Å². The molecule has 2 aromatic rings. The van der Waals surface area contributed by atoms with Crippen LogP contribution >= 0.6 is 39.9 Å². The first-order chi connectivity index (χ1) is 13.0. The van der Waals surface area contributed by atoms with Crippen LogP contribution in [0.4, 0.5) is 5.69 Å². The minimum absolute atomic E-state index is 0.132. The highest BCUT2D eigenvalue weighted by Gasteiger charge is 2.33. The van der Waals surface area contributed by atoms with Crippen LogP contribution in [0.1, 0.15) is 5.56 Å². The average Bonchev–Trinajstić information content (AvgIpc) is 2.90. The number of rotatable bonds is 5. The zero-order valence-electron chi connectivity index (χ0n) is 14.3. The molecular formula is C19H15BrN2O3S2. The lowest BCUT2D eigenvalue weighted by Gasteiger charge is -2.14. The van der Waals surface area contributed by atoms with E-state index in [1.165, 1.54) is 16.7 Å². The van der Waals surface area contributed by atoms with Gasteiger partial charge in [0.15, 0.2) is 0 Å². The summed E-state index contributed by atoms with van der Waals surface area (Å²) in [6, 6.07) is 14.6. The maximum atomic E-state index is 12.6. The molecule has 138 valence electrons. The van der Waals surface area contributed by atoms with E-state index in [-0.39, 0.29) is 18.4 Å². The van der Waals surface area contributed by atoms with Crippen molar-refractivity contribution in [3.63, 3.8) is 0 Å². The summed E-state index contributed by atoms with van der Waals surface area (Å²) >= 11 is 9.87. The number of benzene rings is 2. The third-order valence-electron chi connectivity index (χ3n) is 3.70. The Morgan fingerprint density at radius 3 is 2.70 bits per heavy atom. The standard InChI is InChI=1S/C19H15BrN2O3S2/c1-25-15-7-5-14(6-8-15)21-17(23)11-22-18(24)16(27-19(22)26)10-12-3-2-4-13(20)9-12/h2-10H,11H2,1H3,(H,21,23). The van der Waals surface area contributed by atoms with Crippen molar-refractivity contribution >= 4 is 67.8 Å². The molecule has 3 rings (SSSR count). The molecule has 1 heterocycles. The molecular weight excluding hydrogens is 448 g/mol. The van der Waals surface area contributed by atoms with E-state index >= 15 is 0 Å². The molecule has 1 aliphatic rings. The number of hydrogen-bond donors (Lipinski definition) is 1. The molecule has 0 bridgehead atoms. The van der Waals surface area contributed by atoms with Gasteiger partial charge in [-0.05, 0) is 48.0 Å². The van der Waals surface area contributed by atoms with Crippen molar-refractivity contribution in [3.05, 3.63) is 63.5 Å². The summed E-state index contributed by atoms with van der Waals surface area (Å²) in [5, 5.41) is 2.75. The van der Waals surface area contributed by atoms with Gasteiger partial charge < -0.3 is 10.1 Å². The van der Waals surface area contributed by atoms with Crippen LogP contribution in [0.15, 0.2) is 57.9 Å². The Morgan fingerprint density at radius 2 is 2.04 bits per heavy atom. The second kappa shape index (κ2) is 8.69. The molecule has 2 aromatic carbocycles. The predicted molar refractivity (Wildman–Crippen MR) is 116 cm³/mol. The number of thioether (sulfide) groups is 1. The molecule has 0 aliphatic carbocycles. The number of amides is 2. The highest BCUT2D eigenvalue weighted by atomic mass is 79.9. The number of carbonyl (C=O) groups is 2. The Bertz CT molecular complexity index is 929. The minimum Gasteiger partial charge on any atom is -0.497 e. The van der Waals surface area contributed by atoms with E-state index < -0.39 is 0 Å². The summed E-state index contributed by atoms with van der Waals surface area (Å²) in [6.45, 7) is -0.132. The Balaban J connectivity index is 1.67. The lowest BCUT2D eigenvalue weighted by Crippen LogP contribution is -2.36. The number of carbonyl (C=O) groups excluding carboxylic acids is 2. The van der Waals surface area contributed by atoms with Crippen molar-refractivity contribution in [2.75, 3.05) is 19.0 Å². The monoisotopic (exact) mass is 462 g/mol. The third-order valence-corrected chi connectivity index (χ3v) is 5.57. The lowest BCUT2D eigenvalue weighted by atomic mass is 10.2. The molecule has 27 heavy (non-hydrogen) atoms. The smallest absolute Gasteiger partial charge is 0.266 e. The van der Waals surface area contributed by atoms with E-state index in [4.69, 9.17) is 17.0 Å². The summed E-state index contributed by atoms with van der Waals surface area (Å²) in [5.41, 5.74) is 1.50. The molecule has 0 saturated carbocycles. The first-order valence-electron chi connectivity index (χ1n) is 7.91. The highest BCUT2D eigenvalue weighted by molar-refractivity contribution is 9.10. The van der Waals surface area contributed by atoms with Crippen LogP contribution in [-0.4, -0.2) is 34.7 Å². The van der Waals surface area contributed by atoms with Gasteiger partial charge in [0.1, 0.15) is 16.6 Å². The van der Waals surface area contributed by atoms with E-state index in [0.29, 0.717) is 20.7 Å². The topological polar surface area (TPSA) is 58.6 Å². The first kappa shape index (κ1) is 19.6. The van der Waals surface area contributed by atoms with Gasteiger partial charge in [-0.3, -0.25) is 14.5 Å². The second-order valence-corrected chi connectivity index (χ2v) is 8.19. The summed E-state index contributed by atoms with van der Waals surface area (Å²) in [7, 11) is 1.57. The van der Waals surface area contributed by atoms with Gasteiger partial charge in [0.2, 0.25) is 5.91 Å². The fourth-order valence-electron chi connectivity index (χ4n) is 2.40. The fraction of sp³-hybridized carbons (Fsp3) is 0.105. The maximum absolute atomic E-state index is 12.6. The van der Waals surface area contributed by atoms with Gasteiger partial charge in [-0.1, -0.05) is 52.0 Å². The molecule has 0 spiro atoms. The molecule has 8 heteroatoms. The van der Waals surface area contributed by atoms with Crippen molar-refractivity contribution in [1.82, 2.24) is 4.90 Å². The van der Waals surface area contributed by atoms with Crippen molar-refractivity contribution in [2.45, 2.75) is 0 Å². The zero-order chi connectivity index (χ0) is 19.4. The predicted octanol–water partition coefficient (Wildman–Crippen LogP) is 4.30. The molecule has 1 aliphatic heterocycles. The number of nitrogens with one attached hydrogen (secondary N) is 1. The average molecular weight is 463 g/mol. The quantitative estimate of drug-likeness (QED) is 0.530. The van der Waals surface area contributed by atoms with Crippen molar-refractivity contribution in [2.24, 2.45) is 0 Å². The van der Waals surface area contributed by atoms with Crippen LogP contribution in [0, 0.1) is 0 Å². The van der Waals surface area contributed by atoms with Gasteiger partial charge in [-0.2, -0.15) is 0 Å². The summed E-state index contributed by atoms with van der Waals surface area (Å²) in [6.07, 6.45) is 1.77. The number of hydrogen-bond acceptors (Lipinski definition) is 5. The highest BCUT2D eigenvalue weighted by Crippen LogP contribution is 2.32. The second-order valence-electron chi connectivity index (χ2n) is 5.60. The molecule has 0 atom stereocenters. The van der Waals surface area contributed by atoms with E-state index in [0.717, 1.165) is 10.0 Å². The number of ether oxygens (including phenoxy) is 1. The number of methoxy groups -OCH3 is 1. The van der Waals surface area contributed by atoms with E-state index in [2.05, 4.69) is 21.2 Å². The molecule has 2 amide bonds. The Hall–Kier alpha value is -2.16. The van der Waals surface area contributed by atoms with Gasteiger partial charge in [0.25, 0.3) is 5.91 Å². The summed E-state index contributed by atoms with van der Waals surface area (Å²) in [4.78, 5) is 26.7. The number of thiocarbonyl (C=S) groups is 1. The van der Waals surface area contributed by atoms with Crippen molar-refractivity contribution < 1.29 is 14.3 Å². The third kappa shape index (κ3) is 4.97. The summed E-state index contributed by atoms with van der Waals surface area (Å²) < 4.78 is 6.37. The lowest BCUT2D eigenvalue weighted by molar-refractivity contribution is -0.126. The summed E-state index contributed by atoms with van der Waals surface area (Å²) in [5.74, 6) is 0.109. The fourth-order valence-corrected chi connectivity index (χ4v) is 4.07. The largest absolute Gasteiger partial charge is 0.497 e. The van der Waals surface area contributed by atoms with Crippen molar-refractivity contribution in [1.29, 1.82) is 0 Å². The normalized spacial score (nSPS) is 15.3. The van der Waals surface area contributed by atoms with Gasteiger partial charge in [0.05, 0.1) is 12.0 Å². The minimum atomic E-state index is -0.319. The number of halogens is 1. The molecule has 1 N–H and O–H groups in total. The van der Waals surface area contributed by atoms with E-state index in [9.17, 15) is 9.59 Å². The molecule has 1 saturated heterocycles. The molecule has 5 nitrogen and oxygen atoms in total. The van der Waals surface area contributed by atoms with Gasteiger partial charge in [0, 0.05) is 10.2 Å². The Morgan fingerprint density at radius 1 is 1.30 bits per heavy atom. The van der Waals surface area contributed by atoms with E-state index in [1.807, 2.05) is 24.3 Å². The van der Waals surface area contributed by atoms with Crippen LogP contribution in [0.3, 0.4) is 0 Å². The molecule has 0 radical (unpaired) electrons. The van der Waals surface area contributed by atoms with E-state index in [1.54, 1.807) is 37.5 Å². The molecule has 1 fully saturated rings. The van der Waals surface area contributed by atoms with Crippen molar-refractivity contribution in [3.8, 4) is 5.75 Å². The van der Waals surface area contributed by atoms with Crippen LogP contribution in [0.25, 0.3) is 6.08 Å². The van der Waals surface area contributed by atoms with Crippen LogP contribution < -0.4 is 10.1 Å². The molecule has 0 aromatic heterocycles. The first-order valence-corrected chi connectivity index (χ1v) is 9.93. The van der Waals surface area contributed by atoms with Gasteiger partial charge >= 0.3 is 0 Å². The molecule has 0 unspecified atom stereocenters. The van der Waals surface area contributed by atoms with Crippen LogP contribution in [-0.2, 0) is 9.59 Å². The SMILES string of the molecule is COc1ccc(NC(=O)CN2C(=O)C(=Cc3cccc(Br)c3)SC2=S)cc1. The zero-order valence-corrected chi connectivity index (χ0v) is 17.5. The maximum Gasteiger partial charge on any atom is 0.266 e. The number of nitrogens with zero attached hydrogens (tertiary/aromatic N) is 1. The van der Waals surface area contributed by atoms with Gasteiger partial charge in [-0.25, -0.2) is 0 Å². The Labute approximate surface area is 174 Å². The van der Waals surface area contributed by atoms with Crippen LogP contribution in [0.2, 0.25) is 0 Å². The number of anilines is 1. The van der Waals surface area contributed by atoms with Gasteiger partial charge in [-0.15, -0.1) is 0 Å².